The Bertz CT molecular complexity index is 517. The molecule has 0 aliphatic carbocycles. The van der Waals surface area contributed by atoms with Gasteiger partial charge in [-0.15, -0.1) is 11.3 Å². The summed E-state index contributed by atoms with van der Waals surface area (Å²) >= 11 is 11.0. The van der Waals surface area contributed by atoms with E-state index in [2.05, 4.69) is 22.0 Å². The van der Waals surface area contributed by atoms with Crippen molar-refractivity contribution in [3.63, 3.8) is 0 Å². The first-order chi connectivity index (χ1) is 8.63. The van der Waals surface area contributed by atoms with Gasteiger partial charge in [-0.1, -0.05) is 17.7 Å². The average molecular weight is 347 g/mol. The van der Waals surface area contributed by atoms with Crippen LogP contribution < -0.4 is 10.5 Å². The second-order valence-electron chi connectivity index (χ2n) is 3.94. The van der Waals surface area contributed by atoms with Crippen LogP contribution in [-0.2, 0) is 6.42 Å². The minimum absolute atomic E-state index is 0.0190. The van der Waals surface area contributed by atoms with Crippen LogP contribution in [0.3, 0.4) is 0 Å². The molecule has 0 aliphatic heterocycles. The van der Waals surface area contributed by atoms with Gasteiger partial charge in [0.25, 0.3) is 0 Å². The molecule has 1 aromatic carbocycles. The second kappa shape index (κ2) is 6.57. The van der Waals surface area contributed by atoms with Crippen molar-refractivity contribution < 1.29 is 4.74 Å². The minimum atomic E-state index is -0.0190. The first-order valence-electron chi connectivity index (χ1n) is 5.51. The maximum Gasteiger partial charge on any atom is 0.120 e. The molecule has 1 unspecified atom stereocenters. The molecule has 1 aromatic heterocycles. The summed E-state index contributed by atoms with van der Waals surface area (Å²) in [5.74, 6) is 0.755. The van der Waals surface area contributed by atoms with Crippen LogP contribution in [0.15, 0.2) is 40.2 Å². The van der Waals surface area contributed by atoms with E-state index in [-0.39, 0.29) is 6.04 Å². The van der Waals surface area contributed by atoms with Crippen LogP contribution >= 0.6 is 38.9 Å². The third kappa shape index (κ3) is 4.28. The van der Waals surface area contributed by atoms with Crippen molar-refractivity contribution in [3.8, 4) is 5.75 Å². The number of benzene rings is 1. The zero-order valence-electron chi connectivity index (χ0n) is 9.61. The molecule has 1 heterocycles. The Morgan fingerprint density at radius 3 is 2.83 bits per heavy atom. The van der Waals surface area contributed by atoms with Crippen LogP contribution in [0.25, 0.3) is 0 Å². The molecular weight excluding hydrogens is 334 g/mol. The molecule has 0 saturated heterocycles. The fourth-order valence-corrected chi connectivity index (χ4v) is 3.30. The molecule has 5 heteroatoms. The van der Waals surface area contributed by atoms with E-state index in [0.717, 1.165) is 16.0 Å². The number of hydrogen-bond donors (Lipinski definition) is 1. The Balaban J connectivity index is 1.83. The normalized spacial score (nSPS) is 12.4. The van der Waals surface area contributed by atoms with E-state index in [4.69, 9.17) is 22.1 Å². The summed E-state index contributed by atoms with van der Waals surface area (Å²) in [6.07, 6.45) is 0.816. The summed E-state index contributed by atoms with van der Waals surface area (Å²) in [5, 5.41) is 0.670. The molecule has 2 N–H and O–H groups in total. The molecule has 0 radical (unpaired) electrons. The van der Waals surface area contributed by atoms with Gasteiger partial charge in [0.1, 0.15) is 12.4 Å². The summed E-state index contributed by atoms with van der Waals surface area (Å²) < 4.78 is 6.74. The number of ether oxygens (including phenoxy) is 1. The predicted octanol–water partition coefficient (Wildman–Crippen LogP) is 4.11. The van der Waals surface area contributed by atoms with Crippen molar-refractivity contribution in [2.75, 3.05) is 6.61 Å². The maximum atomic E-state index is 6.03. The van der Waals surface area contributed by atoms with Crippen LogP contribution in [-0.4, -0.2) is 12.6 Å². The van der Waals surface area contributed by atoms with Gasteiger partial charge in [0.05, 0.1) is 3.79 Å². The molecule has 18 heavy (non-hydrogen) atoms. The van der Waals surface area contributed by atoms with Crippen molar-refractivity contribution in [1.29, 1.82) is 0 Å². The van der Waals surface area contributed by atoms with Crippen LogP contribution in [0.4, 0.5) is 0 Å². The van der Waals surface area contributed by atoms with Crippen molar-refractivity contribution in [1.82, 2.24) is 0 Å². The van der Waals surface area contributed by atoms with Gasteiger partial charge in [0.2, 0.25) is 0 Å². The van der Waals surface area contributed by atoms with E-state index < -0.39 is 0 Å². The van der Waals surface area contributed by atoms with E-state index in [0.29, 0.717) is 11.6 Å². The molecule has 2 rings (SSSR count). The monoisotopic (exact) mass is 345 g/mol. The van der Waals surface area contributed by atoms with Crippen molar-refractivity contribution in [2.45, 2.75) is 12.5 Å². The number of hydrogen-bond acceptors (Lipinski definition) is 3. The third-order valence-corrected chi connectivity index (χ3v) is 4.23. The Labute approximate surface area is 124 Å². The highest BCUT2D eigenvalue weighted by Crippen LogP contribution is 2.23. The van der Waals surface area contributed by atoms with Gasteiger partial charge < -0.3 is 10.5 Å². The minimum Gasteiger partial charge on any atom is -0.492 e. The predicted molar refractivity (Wildman–Crippen MR) is 80.6 cm³/mol. The molecule has 2 aromatic rings. The molecule has 0 aliphatic rings. The SMILES string of the molecule is NC(COc1cccc(Cl)c1)Cc1ccc(Br)s1. The van der Waals surface area contributed by atoms with Crippen LogP contribution in [0.5, 0.6) is 5.75 Å². The Kier molecular flexibility index (Phi) is 5.06. The van der Waals surface area contributed by atoms with E-state index in [9.17, 15) is 0 Å². The number of thiophene rings is 1. The first-order valence-corrected chi connectivity index (χ1v) is 7.50. The van der Waals surface area contributed by atoms with Gasteiger partial charge in [0.15, 0.2) is 0 Å². The van der Waals surface area contributed by atoms with Gasteiger partial charge in [-0.2, -0.15) is 0 Å². The van der Waals surface area contributed by atoms with Gasteiger partial charge >= 0.3 is 0 Å². The number of halogens is 2. The van der Waals surface area contributed by atoms with Gasteiger partial charge in [0, 0.05) is 22.4 Å². The lowest BCUT2D eigenvalue weighted by Gasteiger charge is -2.12. The molecule has 0 saturated carbocycles. The molecule has 96 valence electrons. The van der Waals surface area contributed by atoms with Crippen LogP contribution in [0, 0.1) is 0 Å². The number of nitrogens with two attached hydrogens (primary N) is 1. The zero-order chi connectivity index (χ0) is 13.0. The lowest BCUT2D eigenvalue weighted by atomic mass is 10.2. The largest absolute Gasteiger partial charge is 0.492 e. The Morgan fingerprint density at radius 2 is 2.17 bits per heavy atom. The lowest BCUT2D eigenvalue weighted by Crippen LogP contribution is -2.29. The van der Waals surface area contributed by atoms with Crippen molar-refractivity contribution in [2.24, 2.45) is 5.73 Å². The fourth-order valence-electron chi connectivity index (χ4n) is 1.54. The zero-order valence-corrected chi connectivity index (χ0v) is 12.8. The fraction of sp³-hybridized carbons (Fsp3) is 0.231. The van der Waals surface area contributed by atoms with E-state index in [1.807, 2.05) is 24.3 Å². The standard InChI is InChI=1S/C13H13BrClNOS/c14-13-5-4-12(18-13)7-10(16)8-17-11-3-1-2-9(15)6-11/h1-6,10H,7-8,16H2. The van der Waals surface area contributed by atoms with E-state index in [1.165, 1.54) is 4.88 Å². The number of rotatable bonds is 5. The molecule has 0 bridgehead atoms. The second-order valence-corrected chi connectivity index (χ2v) is 6.92. The van der Waals surface area contributed by atoms with Gasteiger partial charge in [-0.3, -0.25) is 0 Å². The highest BCUT2D eigenvalue weighted by molar-refractivity contribution is 9.11. The molecule has 1 atom stereocenters. The summed E-state index contributed by atoms with van der Waals surface area (Å²) in [6, 6.07) is 11.4. The quantitative estimate of drug-likeness (QED) is 0.884. The van der Waals surface area contributed by atoms with Gasteiger partial charge in [-0.25, -0.2) is 0 Å². The Hall–Kier alpha value is -0.550. The summed E-state index contributed by atoms with van der Waals surface area (Å²) in [4.78, 5) is 1.25. The highest BCUT2D eigenvalue weighted by Gasteiger charge is 2.07. The van der Waals surface area contributed by atoms with Crippen LogP contribution in [0.2, 0.25) is 5.02 Å². The average Bonchev–Trinajstić information content (AvgIpc) is 2.72. The highest BCUT2D eigenvalue weighted by atomic mass is 79.9. The Morgan fingerprint density at radius 1 is 1.33 bits per heavy atom. The van der Waals surface area contributed by atoms with Gasteiger partial charge in [-0.05, 0) is 46.3 Å². The maximum absolute atomic E-state index is 6.03. The molecular formula is C13H13BrClNOS. The van der Waals surface area contributed by atoms with Crippen LogP contribution in [0.1, 0.15) is 4.88 Å². The summed E-state index contributed by atoms with van der Waals surface area (Å²) in [6.45, 7) is 0.482. The topological polar surface area (TPSA) is 35.2 Å². The smallest absolute Gasteiger partial charge is 0.120 e. The van der Waals surface area contributed by atoms with E-state index in [1.54, 1.807) is 17.4 Å². The van der Waals surface area contributed by atoms with E-state index >= 15 is 0 Å². The lowest BCUT2D eigenvalue weighted by molar-refractivity contribution is 0.288. The van der Waals surface area contributed by atoms with Crippen molar-refractivity contribution >= 4 is 38.9 Å². The molecule has 0 spiro atoms. The summed E-state index contributed by atoms with van der Waals surface area (Å²) in [5.41, 5.74) is 6.03. The molecule has 2 nitrogen and oxygen atoms in total. The molecule has 0 amide bonds. The molecule has 0 fully saturated rings. The third-order valence-electron chi connectivity index (χ3n) is 2.35. The summed E-state index contributed by atoms with van der Waals surface area (Å²) in [7, 11) is 0. The first kappa shape index (κ1) is 13.9. The van der Waals surface area contributed by atoms with Crippen molar-refractivity contribution in [3.05, 3.63) is 50.1 Å².